The first-order valence-electron chi connectivity index (χ1n) is 14.7. The number of nitrogens with two attached hydrogens (primary N) is 3. The minimum Gasteiger partial charge on any atom is -0.492 e. The molecule has 264 valence electrons. The number of aliphatic hydroxyl groups is 8. The highest BCUT2D eigenvalue weighted by Crippen LogP contribution is 2.17. The Balaban J connectivity index is 1.82. The number of amides is 1. The highest BCUT2D eigenvalue weighted by atomic mass is 35.5. The molecule has 0 aliphatic rings. The summed E-state index contributed by atoms with van der Waals surface area (Å²) in [6.07, 6.45) is -7.42. The van der Waals surface area contributed by atoms with E-state index in [-0.39, 0.29) is 54.7 Å². The fraction of sp³-hybridized carbons (Fsp3) is 0.571. The minimum absolute atomic E-state index is 0.0661. The molecule has 0 fully saturated rings. The van der Waals surface area contributed by atoms with E-state index in [0.717, 1.165) is 18.4 Å². The van der Waals surface area contributed by atoms with Gasteiger partial charge in [-0.25, -0.2) is 9.97 Å². The molecule has 0 saturated carbocycles. The Hall–Kier alpha value is -3.43. The smallest absolute Gasteiger partial charge is 0.280 e. The van der Waals surface area contributed by atoms with Gasteiger partial charge in [0.15, 0.2) is 28.4 Å². The van der Waals surface area contributed by atoms with Crippen LogP contribution in [0.5, 0.6) is 5.75 Å². The summed E-state index contributed by atoms with van der Waals surface area (Å²) in [6.45, 7) is -1.60. The molecule has 0 saturated heterocycles. The number of aromatic nitrogens is 2. The van der Waals surface area contributed by atoms with Crippen molar-refractivity contribution in [2.75, 3.05) is 57.5 Å². The first kappa shape index (κ1) is 39.7. The summed E-state index contributed by atoms with van der Waals surface area (Å²) >= 11 is 5.79. The second-order valence-electron chi connectivity index (χ2n) is 10.7. The van der Waals surface area contributed by atoms with Crippen LogP contribution in [0.25, 0.3) is 0 Å². The van der Waals surface area contributed by atoms with Crippen molar-refractivity contribution in [2.24, 2.45) is 10.7 Å². The maximum atomic E-state index is 12.3. The zero-order chi connectivity index (χ0) is 35.1. The van der Waals surface area contributed by atoms with Crippen molar-refractivity contribution in [1.82, 2.24) is 20.2 Å². The van der Waals surface area contributed by atoms with E-state index < -0.39 is 55.7 Å². The third-order valence-electron chi connectivity index (χ3n) is 6.96. The van der Waals surface area contributed by atoms with Gasteiger partial charge >= 0.3 is 0 Å². The summed E-state index contributed by atoms with van der Waals surface area (Å²) in [5.74, 6) is -0.617. The lowest BCUT2D eigenvalue weighted by Crippen LogP contribution is -2.51. The molecule has 2 rings (SSSR count). The molecule has 0 aliphatic carbocycles. The highest BCUT2D eigenvalue weighted by molar-refractivity contribution is 6.31. The molecular weight excluding hydrogens is 644 g/mol. The first-order valence-corrected chi connectivity index (χ1v) is 15.1. The summed E-state index contributed by atoms with van der Waals surface area (Å²) in [4.78, 5) is 25.4. The molecule has 15 N–H and O–H groups in total. The molecule has 6 atom stereocenters. The fourth-order valence-corrected chi connectivity index (χ4v) is 4.37. The molecule has 1 heterocycles. The van der Waals surface area contributed by atoms with Crippen LogP contribution in [0.15, 0.2) is 29.3 Å². The number of nitrogens with one attached hydrogen (secondary N) is 1. The fourth-order valence-electron chi connectivity index (χ4n) is 4.24. The van der Waals surface area contributed by atoms with Crippen LogP contribution in [-0.2, 0) is 6.42 Å². The van der Waals surface area contributed by atoms with E-state index in [1.807, 2.05) is 12.1 Å². The molecule has 1 amide bonds. The predicted octanol–water partition coefficient (Wildman–Crippen LogP) is -3.81. The van der Waals surface area contributed by atoms with Crippen LogP contribution in [0.2, 0.25) is 5.15 Å². The molecule has 0 aliphatic heterocycles. The molecule has 47 heavy (non-hydrogen) atoms. The van der Waals surface area contributed by atoms with Gasteiger partial charge in [-0.05, 0) is 37.0 Å². The van der Waals surface area contributed by atoms with Gasteiger partial charge in [0.05, 0.1) is 25.4 Å². The van der Waals surface area contributed by atoms with Gasteiger partial charge in [0, 0.05) is 26.2 Å². The third kappa shape index (κ3) is 13.3. The van der Waals surface area contributed by atoms with Crippen LogP contribution in [0, 0.1) is 0 Å². The van der Waals surface area contributed by atoms with Crippen LogP contribution in [0.4, 0.5) is 11.6 Å². The average molecular weight is 689 g/mol. The Labute approximate surface area is 276 Å². The van der Waals surface area contributed by atoms with E-state index in [0.29, 0.717) is 18.7 Å². The summed E-state index contributed by atoms with van der Waals surface area (Å²) in [5, 5.41) is 80.1. The molecule has 1 aromatic carbocycles. The first-order chi connectivity index (χ1) is 22.3. The number of nitrogen functional groups attached to an aromatic ring is 2. The number of nitrogens with zero attached hydrogens (tertiary/aromatic N) is 4. The van der Waals surface area contributed by atoms with Gasteiger partial charge in [-0.1, -0.05) is 23.7 Å². The number of hydrogen-bond acceptors (Lipinski definition) is 16. The topological polar surface area (TPSA) is 320 Å². The molecule has 18 nitrogen and oxygen atoms in total. The Morgan fingerprint density at radius 2 is 1.47 bits per heavy atom. The second-order valence-corrected chi connectivity index (χ2v) is 11.0. The number of carbonyl (C=O) groups is 1. The highest BCUT2D eigenvalue weighted by Gasteiger charge is 2.30. The summed E-state index contributed by atoms with van der Waals surface area (Å²) in [5.41, 5.74) is 17.7. The zero-order valence-electron chi connectivity index (χ0n) is 25.6. The van der Waals surface area contributed by atoms with E-state index in [9.17, 15) is 35.4 Å². The number of hydrogen-bond donors (Lipinski definition) is 12. The number of aliphatic imine (C=N–C) groups is 1. The van der Waals surface area contributed by atoms with Crippen molar-refractivity contribution in [3.8, 4) is 5.75 Å². The number of ether oxygens (including phenoxy) is 1. The van der Waals surface area contributed by atoms with Crippen LogP contribution < -0.4 is 27.3 Å². The van der Waals surface area contributed by atoms with Crippen molar-refractivity contribution >= 4 is 35.1 Å². The molecule has 0 spiro atoms. The third-order valence-corrected chi connectivity index (χ3v) is 7.24. The van der Waals surface area contributed by atoms with E-state index in [2.05, 4.69) is 20.3 Å². The Morgan fingerprint density at radius 1 is 0.894 bits per heavy atom. The number of carbonyl (C=O) groups excluding carboxylic acids is 1. The molecule has 19 heteroatoms. The maximum Gasteiger partial charge on any atom is 0.280 e. The van der Waals surface area contributed by atoms with Gasteiger partial charge in [-0.3, -0.25) is 20.0 Å². The number of benzene rings is 1. The van der Waals surface area contributed by atoms with Crippen molar-refractivity contribution in [1.29, 1.82) is 0 Å². The average Bonchev–Trinajstić information content (AvgIpc) is 3.05. The number of anilines is 2. The number of halogens is 1. The Kier molecular flexibility index (Phi) is 17.0. The Morgan fingerprint density at radius 3 is 2.02 bits per heavy atom. The largest absolute Gasteiger partial charge is 0.492 e. The maximum absolute atomic E-state index is 12.3. The van der Waals surface area contributed by atoms with E-state index in [4.69, 9.17) is 43.8 Å². The lowest BCUT2D eigenvalue weighted by Gasteiger charge is -2.32. The van der Waals surface area contributed by atoms with Crippen molar-refractivity contribution < 1.29 is 50.4 Å². The van der Waals surface area contributed by atoms with Gasteiger partial charge in [0.25, 0.3) is 5.91 Å². The van der Waals surface area contributed by atoms with E-state index in [1.54, 1.807) is 12.1 Å². The molecular formula is C28H45ClN8O10. The monoisotopic (exact) mass is 688 g/mol. The van der Waals surface area contributed by atoms with Crippen LogP contribution >= 0.6 is 11.6 Å². The second kappa shape index (κ2) is 20.1. The molecule has 0 radical (unpaired) electrons. The normalized spacial score (nSPS) is 15.9. The molecule has 0 bridgehead atoms. The van der Waals surface area contributed by atoms with Crippen LogP contribution in [0.3, 0.4) is 0 Å². The number of unbranched alkanes of at least 4 members (excludes halogenated alkanes) is 1. The Bertz CT molecular complexity index is 1250. The lowest BCUT2D eigenvalue weighted by molar-refractivity contribution is -0.101. The predicted molar refractivity (Wildman–Crippen MR) is 171 cm³/mol. The number of rotatable bonds is 20. The standard InChI is InChI=1S/C28H45ClN8O10/c29-24-26(31)35-25(30)21(34-24)27(46)36-28(32)33-8-2-1-3-15-4-6-16(7-5-15)47-10-9-37(11-17(40)22(44)19(42)13-38)12-18(41)23(45)20(43)14-39/h4-7,17-20,22-23,38-45H,1-3,8-14H2,(H4,30,31,35)(H3,32,33,36,46)/t17-,18-,19?,20?,22?,23?/m1/s1. The van der Waals surface area contributed by atoms with Gasteiger partial charge in [0.1, 0.15) is 36.8 Å². The zero-order valence-corrected chi connectivity index (χ0v) is 26.4. The van der Waals surface area contributed by atoms with E-state index in [1.165, 1.54) is 4.90 Å². The summed E-state index contributed by atoms with van der Waals surface area (Å²) < 4.78 is 5.76. The SMILES string of the molecule is NC(=NCCCCc1ccc(OCCN(C[C@@H](O)C(O)C(O)CO)C[C@@H](O)C(O)C(O)CO)cc1)NC(=O)c1nc(Cl)c(N)nc1N. The van der Waals surface area contributed by atoms with Crippen LogP contribution in [-0.4, -0.2) is 150 Å². The van der Waals surface area contributed by atoms with Crippen molar-refractivity contribution in [3.63, 3.8) is 0 Å². The van der Waals surface area contributed by atoms with Gasteiger partial charge in [-0.15, -0.1) is 0 Å². The minimum atomic E-state index is -1.68. The van der Waals surface area contributed by atoms with Gasteiger partial charge in [0.2, 0.25) is 0 Å². The number of aryl methyl sites for hydroxylation is 1. The lowest BCUT2D eigenvalue weighted by atomic mass is 10.1. The van der Waals surface area contributed by atoms with E-state index >= 15 is 0 Å². The quantitative estimate of drug-likeness (QED) is 0.0360. The van der Waals surface area contributed by atoms with Crippen molar-refractivity contribution in [3.05, 3.63) is 40.7 Å². The molecule has 4 unspecified atom stereocenters. The van der Waals surface area contributed by atoms with Gasteiger partial charge < -0.3 is 62.8 Å². The summed E-state index contributed by atoms with van der Waals surface area (Å²) in [6, 6.07) is 7.27. The summed E-state index contributed by atoms with van der Waals surface area (Å²) in [7, 11) is 0. The number of aliphatic hydroxyl groups excluding tert-OH is 8. The molecule has 2 aromatic rings. The van der Waals surface area contributed by atoms with Crippen molar-refractivity contribution in [2.45, 2.75) is 55.9 Å². The van der Waals surface area contributed by atoms with Crippen LogP contribution in [0.1, 0.15) is 28.9 Å². The molecule has 1 aromatic heterocycles. The van der Waals surface area contributed by atoms with Gasteiger partial charge in [-0.2, -0.15) is 0 Å². The number of guanidine groups is 1.